The van der Waals surface area contributed by atoms with Crippen LogP contribution in [0.15, 0.2) is 16.7 Å². The molecule has 0 fully saturated rings. The van der Waals surface area contributed by atoms with Crippen LogP contribution in [0.25, 0.3) is 0 Å². The van der Waals surface area contributed by atoms with E-state index in [-0.39, 0.29) is 0 Å². The second kappa shape index (κ2) is 1.41. The molecule has 0 aliphatic carbocycles. The minimum absolute atomic E-state index is 0.412. The maximum atomic E-state index is 8.95. The molecule has 0 unspecified atom stereocenters. The van der Waals surface area contributed by atoms with E-state index in [1.165, 1.54) is 6.26 Å². The summed E-state index contributed by atoms with van der Waals surface area (Å²) in [7, 11) is 0. The molecular formula is C5H6N2O2. The van der Waals surface area contributed by atoms with Gasteiger partial charge in [0.25, 0.3) is 0 Å². The fourth-order valence-electron chi connectivity index (χ4n) is 0.868. The van der Waals surface area contributed by atoms with Crippen molar-refractivity contribution in [3.63, 3.8) is 0 Å². The molecule has 0 spiro atoms. The lowest BCUT2D eigenvalue weighted by molar-refractivity contribution is 0.247. The van der Waals surface area contributed by atoms with Gasteiger partial charge in [0.05, 0.1) is 6.26 Å². The van der Waals surface area contributed by atoms with E-state index in [0.29, 0.717) is 12.6 Å². The third-order valence-corrected chi connectivity index (χ3v) is 1.30. The lowest BCUT2D eigenvalue weighted by Crippen LogP contribution is -2.16. The van der Waals surface area contributed by atoms with Gasteiger partial charge in [0.15, 0.2) is 0 Å². The number of furan rings is 1. The van der Waals surface area contributed by atoms with Crippen molar-refractivity contribution < 1.29 is 9.62 Å². The topological polar surface area (TPSA) is 48.6 Å². The second-order valence-electron chi connectivity index (χ2n) is 1.87. The van der Waals surface area contributed by atoms with Crippen LogP contribution in [-0.4, -0.2) is 11.9 Å². The number of rotatable bonds is 0. The van der Waals surface area contributed by atoms with E-state index in [1.54, 1.807) is 6.07 Å². The number of nitrogens with one attached hydrogen (secondary N) is 1. The Morgan fingerprint density at radius 3 is 3.44 bits per heavy atom. The number of hydroxylamine groups is 1. The van der Waals surface area contributed by atoms with Crippen LogP contribution < -0.4 is 10.4 Å². The first kappa shape index (κ1) is 4.69. The third-order valence-electron chi connectivity index (χ3n) is 1.30. The quantitative estimate of drug-likeness (QED) is 0.541. The number of anilines is 2. The van der Waals surface area contributed by atoms with Crippen molar-refractivity contribution in [2.45, 2.75) is 0 Å². The molecule has 0 aromatic carbocycles. The molecule has 0 atom stereocenters. The number of fused-ring (bicyclic) bond motifs is 1. The first-order chi connectivity index (χ1) is 4.38. The maximum Gasteiger partial charge on any atom is 0.244 e. The van der Waals surface area contributed by atoms with Gasteiger partial charge >= 0.3 is 0 Å². The highest BCUT2D eigenvalue weighted by atomic mass is 16.5. The molecule has 1 aromatic rings. The molecule has 1 aliphatic rings. The van der Waals surface area contributed by atoms with E-state index >= 15 is 0 Å². The Bertz CT molecular complexity index is 220. The standard InChI is InChI=1S/C5H6N2O2/c8-7-3-6-4-1-2-9-5(4)7/h1-2,6,8H,3H2. The molecule has 2 rings (SSSR count). The van der Waals surface area contributed by atoms with Crippen molar-refractivity contribution in [2.75, 3.05) is 17.0 Å². The molecule has 2 N–H and O–H groups in total. The summed E-state index contributed by atoms with van der Waals surface area (Å²) in [4.78, 5) is 0. The van der Waals surface area contributed by atoms with Crippen LogP contribution in [0.4, 0.5) is 11.6 Å². The van der Waals surface area contributed by atoms with Gasteiger partial charge in [-0.15, -0.1) is 0 Å². The molecule has 1 aliphatic heterocycles. The predicted molar refractivity (Wildman–Crippen MR) is 31.5 cm³/mol. The van der Waals surface area contributed by atoms with Crippen LogP contribution in [0.3, 0.4) is 0 Å². The Balaban J connectivity index is 2.49. The fraction of sp³-hybridized carbons (Fsp3) is 0.200. The molecule has 4 nitrogen and oxygen atoms in total. The number of hydrogen-bond acceptors (Lipinski definition) is 4. The molecule has 1 aromatic heterocycles. The summed E-state index contributed by atoms with van der Waals surface area (Å²) in [6, 6.07) is 1.77. The molecule has 0 radical (unpaired) electrons. The van der Waals surface area contributed by atoms with Gasteiger partial charge < -0.3 is 9.73 Å². The lowest BCUT2D eigenvalue weighted by Gasteiger charge is -2.02. The summed E-state index contributed by atoms with van der Waals surface area (Å²) in [5.74, 6) is 0.495. The van der Waals surface area contributed by atoms with Crippen LogP contribution >= 0.6 is 0 Å². The maximum absolute atomic E-state index is 8.95. The number of nitrogens with zero attached hydrogens (tertiary/aromatic N) is 1. The summed E-state index contributed by atoms with van der Waals surface area (Å²) in [5.41, 5.74) is 0.845. The van der Waals surface area contributed by atoms with Crippen LogP contribution in [0, 0.1) is 0 Å². The molecular weight excluding hydrogens is 120 g/mol. The SMILES string of the molecule is ON1CNc2ccoc21. The van der Waals surface area contributed by atoms with Gasteiger partial charge in [0, 0.05) is 6.07 Å². The Morgan fingerprint density at radius 2 is 2.67 bits per heavy atom. The molecule has 48 valence electrons. The lowest BCUT2D eigenvalue weighted by atomic mass is 10.5. The van der Waals surface area contributed by atoms with Crippen LogP contribution in [0.1, 0.15) is 0 Å². The van der Waals surface area contributed by atoms with Crippen molar-refractivity contribution in [2.24, 2.45) is 0 Å². The van der Waals surface area contributed by atoms with Crippen molar-refractivity contribution in [1.82, 2.24) is 0 Å². The first-order valence-corrected chi connectivity index (χ1v) is 2.66. The zero-order chi connectivity index (χ0) is 6.27. The summed E-state index contributed by atoms with van der Waals surface area (Å²) in [6.45, 7) is 0.412. The van der Waals surface area contributed by atoms with Gasteiger partial charge in [-0.25, -0.2) is 5.06 Å². The summed E-state index contributed by atoms with van der Waals surface area (Å²) in [5, 5.41) is 12.9. The Labute approximate surface area is 51.6 Å². The largest absolute Gasteiger partial charge is 0.445 e. The predicted octanol–water partition coefficient (Wildman–Crippen LogP) is 0.858. The van der Waals surface area contributed by atoms with Crippen LogP contribution in [0.2, 0.25) is 0 Å². The molecule has 0 amide bonds. The Morgan fingerprint density at radius 1 is 1.78 bits per heavy atom. The fourth-order valence-corrected chi connectivity index (χ4v) is 0.868. The minimum Gasteiger partial charge on any atom is -0.445 e. The van der Waals surface area contributed by atoms with Crippen molar-refractivity contribution in [3.8, 4) is 0 Å². The molecule has 9 heavy (non-hydrogen) atoms. The van der Waals surface area contributed by atoms with Gasteiger partial charge in [0.2, 0.25) is 5.88 Å². The molecule has 0 bridgehead atoms. The Kier molecular flexibility index (Phi) is 0.738. The molecule has 0 saturated heterocycles. The van der Waals surface area contributed by atoms with Gasteiger partial charge in [-0.2, -0.15) is 0 Å². The van der Waals surface area contributed by atoms with Crippen molar-refractivity contribution in [1.29, 1.82) is 0 Å². The van der Waals surface area contributed by atoms with Crippen molar-refractivity contribution in [3.05, 3.63) is 12.3 Å². The van der Waals surface area contributed by atoms with Gasteiger partial charge in [-0.1, -0.05) is 0 Å². The zero-order valence-corrected chi connectivity index (χ0v) is 4.66. The van der Waals surface area contributed by atoms with E-state index in [2.05, 4.69) is 5.32 Å². The van der Waals surface area contributed by atoms with Crippen LogP contribution in [-0.2, 0) is 0 Å². The highest BCUT2D eigenvalue weighted by molar-refractivity contribution is 5.67. The van der Waals surface area contributed by atoms with Gasteiger partial charge in [-0.3, -0.25) is 5.21 Å². The minimum atomic E-state index is 0.412. The Hall–Kier alpha value is -1.16. The van der Waals surface area contributed by atoms with E-state index in [0.717, 1.165) is 10.8 Å². The molecule has 2 heterocycles. The third kappa shape index (κ3) is 0.503. The smallest absolute Gasteiger partial charge is 0.244 e. The highest BCUT2D eigenvalue weighted by Gasteiger charge is 2.18. The summed E-state index contributed by atoms with van der Waals surface area (Å²) >= 11 is 0. The van der Waals surface area contributed by atoms with Crippen molar-refractivity contribution >= 4 is 11.6 Å². The average molecular weight is 126 g/mol. The van der Waals surface area contributed by atoms with Gasteiger partial charge in [-0.05, 0) is 0 Å². The van der Waals surface area contributed by atoms with E-state index in [1.807, 2.05) is 0 Å². The monoisotopic (exact) mass is 126 g/mol. The van der Waals surface area contributed by atoms with Gasteiger partial charge in [0.1, 0.15) is 12.4 Å². The summed E-state index contributed by atoms with van der Waals surface area (Å²) < 4.78 is 4.90. The normalized spacial score (nSPS) is 15.4. The summed E-state index contributed by atoms with van der Waals surface area (Å²) in [6.07, 6.45) is 1.53. The van der Waals surface area contributed by atoms with E-state index in [9.17, 15) is 0 Å². The molecule has 0 saturated carbocycles. The van der Waals surface area contributed by atoms with E-state index in [4.69, 9.17) is 9.62 Å². The number of hydrogen-bond donors (Lipinski definition) is 2. The molecule has 4 heteroatoms. The zero-order valence-electron chi connectivity index (χ0n) is 4.66. The van der Waals surface area contributed by atoms with Crippen LogP contribution in [0.5, 0.6) is 0 Å². The first-order valence-electron chi connectivity index (χ1n) is 2.66. The highest BCUT2D eigenvalue weighted by Crippen LogP contribution is 2.30. The average Bonchev–Trinajstić information content (AvgIpc) is 2.35. The second-order valence-corrected chi connectivity index (χ2v) is 1.87. The van der Waals surface area contributed by atoms with E-state index < -0.39 is 0 Å².